The Kier molecular flexibility index (Phi) is 4.93. The van der Waals surface area contributed by atoms with Crippen LogP contribution in [-0.2, 0) is 9.47 Å². The second-order valence-corrected chi connectivity index (χ2v) is 5.02. The summed E-state index contributed by atoms with van der Waals surface area (Å²) in [4.78, 5) is 25.2. The number of carbonyl (C=O) groups is 2. The molecule has 114 valence electrons. The summed E-state index contributed by atoms with van der Waals surface area (Å²) in [5.41, 5.74) is 1.17. The first-order valence-electron chi connectivity index (χ1n) is 6.77. The quantitative estimate of drug-likeness (QED) is 0.859. The van der Waals surface area contributed by atoms with Crippen LogP contribution in [0.1, 0.15) is 17.3 Å². The minimum absolute atomic E-state index is 0.0360. The molecule has 0 spiro atoms. The van der Waals surface area contributed by atoms with Crippen molar-refractivity contribution in [3.8, 4) is 0 Å². The first-order valence-corrected chi connectivity index (χ1v) is 6.77. The van der Waals surface area contributed by atoms with Gasteiger partial charge in [0, 0.05) is 25.5 Å². The molecule has 1 fully saturated rings. The number of methoxy groups -OCH3 is 2. The Morgan fingerprint density at radius 1 is 1.19 bits per heavy atom. The number of carbonyl (C=O) groups excluding carboxylic acids is 2. The fourth-order valence-corrected chi connectivity index (χ4v) is 2.38. The van der Waals surface area contributed by atoms with E-state index in [9.17, 15) is 9.59 Å². The minimum Gasteiger partial charge on any atom is -0.377 e. The zero-order valence-electron chi connectivity index (χ0n) is 12.5. The number of nitrogens with zero attached hydrogens (tertiary/aromatic N) is 1. The lowest BCUT2D eigenvalue weighted by molar-refractivity contribution is -0.00461. The molecule has 0 radical (unpaired) electrons. The number of ether oxygens (including phenoxy) is 2. The second-order valence-electron chi connectivity index (χ2n) is 5.02. The number of amides is 2. The minimum atomic E-state index is -0.225. The Balaban J connectivity index is 2.02. The highest BCUT2D eigenvalue weighted by Gasteiger charge is 2.35. The third-order valence-corrected chi connectivity index (χ3v) is 3.63. The Bertz CT molecular complexity index is 520. The summed E-state index contributed by atoms with van der Waals surface area (Å²) in [6.07, 6.45) is -0.242. The molecule has 0 bridgehead atoms. The summed E-state index contributed by atoms with van der Waals surface area (Å²) >= 11 is 0. The first-order chi connectivity index (χ1) is 10.0. The van der Waals surface area contributed by atoms with Crippen molar-refractivity contribution in [2.45, 2.75) is 19.1 Å². The molecule has 1 aromatic carbocycles. The average molecular weight is 292 g/mol. The van der Waals surface area contributed by atoms with E-state index in [0.717, 1.165) is 0 Å². The summed E-state index contributed by atoms with van der Waals surface area (Å²) in [5.74, 6) is -0.0360. The molecule has 1 aromatic rings. The lowest BCUT2D eigenvalue weighted by Crippen LogP contribution is -2.34. The Hall–Kier alpha value is -1.92. The molecule has 6 nitrogen and oxygen atoms in total. The van der Waals surface area contributed by atoms with E-state index in [-0.39, 0.29) is 24.0 Å². The van der Waals surface area contributed by atoms with Crippen LogP contribution >= 0.6 is 0 Å². The van der Waals surface area contributed by atoms with Crippen molar-refractivity contribution in [1.29, 1.82) is 0 Å². The molecular weight excluding hydrogens is 272 g/mol. The zero-order chi connectivity index (χ0) is 15.4. The van der Waals surface area contributed by atoms with Crippen LogP contribution in [-0.4, -0.2) is 56.2 Å². The molecule has 6 heteroatoms. The van der Waals surface area contributed by atoms with Crippen LogP contribution in [0.2, 0.25) is 0 Å². The average Bonchev–Trinajstić information content (AvgIpc) is 2.91. The normalized spacial score (nSPS) is 21.4. The third-order valence-electron chi connectivity index (χ3n) is 3.63. The number of hydrogen-bond donors (Lipinski definition) is 1. The van der Waals surface area contributed by atoms with E-state index < -0.39 is 0 Å². The van der Waals surface area contributed by atoms with Gasteiger partial charge >= 0.3 is 6.03 Å². The Morgan fingerprint density at radius 3 is 2.33 bits per heavy atom. The van der Waals surface area contributed by atoms with Crippen LogP contribution in [0, 0.1) is 0 Å². The molecule has 2 atom stereocenters. The number of likely N-dealkylation sites (tertiary alicyclic amines) is 1. The molecule has 1 heterocycles. The summed E-state index contributed by atoms with van der Waals surface area (Å²) < 4.78 is 10.6. The molecule has 2 unspecified atom stereocenters. The number of Topliss-reactive ketones (excluding diaryl/α,β-unsaturated/α-hetero) is 1. The van der Waals surface area contributed by atoms with Gasteiger partial charge in [0.2, 0.25) is 0 Å². The standard InChI is InChI=1S/C15H20N2O4/c1-10(18)11-5-4-6-12(7-11)16-15(19)17-8-13(20-2)14(9-17)21-3/h4-7,13-14H,8-9H2,1-3H3,(H,16,19). The second kappa shape index (κ2) is 6.69. The van der Waals surface area contributed by atoms with Gasteiger partial charge in [0.15, 0.2) is 5.78 Å². The predicted molar refractivity (Wildman–Crippen MR) is 78.6 cm³/mol. The Morgan fingerprint density at radius 2 is 1.81 bits per heavy atom. The number of benzene rings is 1. The molecule has 2 amide bonds. The maximum absolute atomic E-state index is 12.2. The predicted octanol–water partition coefficient (Wildman–Crippen LogP) is 1.77. The molecular formula is C15H20N2O4. The number of anilines is 1. The van der Waals surface area contributed by atoms with Crippen molar-refractivity contribution in [2.24, 2.45) is 0 Å². The van der Waals surface area contributed by atoms with E-state index in [1.807, 2.05) is 0 Å². The smallest absolute Gasteiger partial charge is 0.322 e. The van der Waals surface area contributed by atoms with E-state index in [0.29, 0.717) is 24.3 Å². The van der Waals surface area contributed by atoms with Crippen LogP contribution in [0.4, 0.5) is 10.5 Å². The van der Waals surface area contributed by atoms with Gasteiger partial charge in [-0.3, -0.25) is 4.79 Å². The highest BCUT2D eigenvalue weighted by molar-refractivity contribution is 5.96. The molecule has 1 aliphatic rings. The monoisotopic (exact) mass is 292 g/mol. The maximum atomic E-state index is 12.2. The van der Waals surface area contributed by atoms with E-state index in [1.165, 1.54) is 6.92 Å². The molecule has 0 saturated carbocycles. The van der Waals surface area contributed by atoms with Gasteiger partial charge in [-0.15, -0.1) is 0 Å². The summed E-state index contributed by atoms with van der Waals surface area (Å²) in [5, 5.41) is 2.79. The topological polar surface area (TPSA) is 67.9 Å². The van der Waals surface area contributed by atoms with Crippen molar-refractivity contribution in [3.63, 3.8) is 0 Å². The number of ketones is 1. The highest BCUT2D eigenvalue weighted by atomic mass is 16.5. The van der Waals surface area contributed by atoms with Crippen LogP contribution in [0.15, 0.2) is 24.3 Å². The number of hydrogen-bond acceptors (Lipinski definition) is 4. The molecule has 21 heavy (non-hydrogen) atoms. The van der Waals surface area contributed by atoms with E-state index in [2.05, 4.69) is 5.32 Å². The van der Waals surface area contributed by atoms with Gasteiger partial charge in [-0.25, -0.2) is 4.79 Å². The first kappa shape index (κ1) is 15.5. The number of urea groups is 1. The lowest BCUT2D eigenvalue weighted by Gasteiger charge is -2.17. The van der Waals surface area contributed by atoms with Gasteiger partial charge in [0.25, 0.3) is 0 Å². The molecule has 2 rings (SSSR count). The number of rotatable bonds is 4. The van der Waals surface area contributed by atoms with Gasteiger partial charge in [0.1, 0.15) is 12.2 Å². The van der Waals surface area contributed by atoms with Gasteiger partial charge < -0.3 is 19.7 Å². The molecule has 0 aliphatic carbocycles. The van der Waals surface area contributed by atoms with E-state index >= 15 is 0 Å². The zero-order valence-corrected chi connectivity index (χ0v) is 12.5. The SMILES string of the molecule is COC1CN(C(=O)Nc2cccc(C(C)=O)c2)CC1OC. The Labute approximate surface area is 124 Å². The van der Waals surface area contributed by atoms with Gasteiger partial charge in [-0.2, -0.15) is 0 Å². The fourth-order valence-electron chi connectivity index (χ4n) is 2.38. The van der Waals surface area contributed by atoms with Crippen molar-refractivity contribution in [3.05, 3.63) is 29.8 Å². The summed E-state index contributed by atoms with van der Waals surface area (Å²) in [6, 6.07) is 6.65. The fraction of sp³-hybridized carbons (Fsp3) is 0.467. The van der Waals surface area contributed by atoms with Crippen molar-refractivity contribution in [1.82, 2.24) is 4.90 Å². The van der Waals surface area contributed by atoms with Crippen LogP contribution in [0.25, 0.3) is 0 Å². The van der Waals surface area contributed by atoms with Crippen LogP contribution < -0.4 is 5.32 Å². The molecule has 1 N–H and O–H groups in total. The molecule has 1 saturated heterocycles. The molecule has 1 aliphatic heterocycles. The van der Waals surface area contributed by atoms with Crippen molar-refractivity contribution in [2.75, 3.05) is 32.6 Å². The summed E-state index contributed by atoms with van der Waals surface area (Å²) in [6.45, 7) is 2.45. The highest BCUT2D eigenvalue weighted by Crippen LogP contribution is 2.18. The third kappa shape index (κ3) is 3.59. The van der Waals surface area contributed by atoms with Gasteiger partial charge in [-0.05, 0) is 19.1 Å². The van der Waals surface area contributed by atoms with E-state index in [1.54, 1.807) is 43.4 Å². The molecule has 0 aromatic heterocycles. The van der Waals surface area contributed by atoms with Crippen molar-refractivity contribution >= 4 is 17.5 Å². The van der Waals surface area contributed by atoms with Crippen LogP contribution in [0.3, 0.4) is 0 Å². The van der Waals surface area contributed by atoms with E-state index in [4.69, 9.17) is 9.47 Å². The summed E-state index contributed by atoms with van der Waals surface area (Å²) in [7, 11) is 3.21. The van der Waals surface area contributed by atoms with Crippen LogP contribution in [0.5, 0.6) is 0 Å². The number of nitrogens with one attached hydrogen (secondary N) is 1. The van der Waals surface area contributed by atoms with Gasteiger partial charge in [-0.1, -0.05) is 12.1 Å². The maximum Gasteiger partial charge on any atom is 0.322 e. The van der Waals surface area contributed by atoms with Crippen molar-refractivity contribution < 1.29 is 19.1 Å². The largest absolute Gasteiger partial charge is 0.377 e. The lowest BCUT2D eigenvalue weighted by atomic mass is 10.1. The van der Waals surface area contributed by atoms with Gasteiger partial charge in [0.05, 0.1) is 13.1 Å².